The molecule has 1 aromatic carbocycles. The van der Waals surface area contributed by atoms with Crippen LogP contribution in [-0.2, 0) is 9.47 Å². The molecule has 3 fully saturated rings. The molecule has 0 N–H and O–H groups in total. The fraction of sp³-hybridized carbons (Fsp3) is 0.647. The quantitative estimate of drug-likeness (QED) is 0.600. The normalized spacial score (nSPS) is 31.0. The largest absolute Gasteiger partial charge is 0.366 e. The Bertz CT molecular complexity index is 646. The molecule has 0 spiro atoms. The van der Waals surface area contributed by atoms with Crippen molar-refractivity contribution < 1.29 is 23.2 Å². The number of nitro benzene ring substituents is 1. The Morgan fingerprint density at radius 2 is 1.92 bits per heavy atom. The first-order chi connectivity index (χ1) is 12.0. The van der Waals surface area contributed by atoms with Crippen molar-refractivity contribution >= 4 is 11.4 Å². The van der Waals surface area contributed by atoms with E-state index < -0.39 is 22.2 Å². The molecule has 4 atom stereocenters. The van der Waals surface area contributed by atoms with Gasteiger partial charge < -0.3 is 14.4 Å². The molecular weight excluding hydrogens is 334 g/mol. The molecule has 2 unspecified atom stereocenters. The van der Waals surface area contributed by atoms with E-state index in [4.69, 9.17) is 9.47 Å². The van der Waals surface area contributed by atoms with E-state index in [-0.39, 0.29) is 12.0 Å². The molecule has 3 aliphatic rings. The molecular formula is C17H20F2N2O4. The number of hydrogen-bond donors (Lipinski definition) is 0. The van der Waals surface area contributed by atoms with Crippen LogP contribution >= 0.6 is 0 Å². The predicted octanol–water partition coefficient (Wildman–Crippen LogP) is 3.10. The van der Waals surface area contributed by atoms with Gasteiger partial charge in [-0.05, 0) is 37.0 Å². The number of ether oxygens (including phenoxy) is 2. The number of nitrogens with zero attached hydrogens (tertiary/aromatic N) is 2. The zero-order valence-electron chi connectivity index (χ0n) is 13.7. The third kappa shape index (κ3) is 3.20. The molecule has 1 saturated carbocycles. The summed E-state index contributed by atoms with van der Waals surface area (Å²) in [5, 5.41) is 10.7. The second kappa shape index (κ2) is 6.49. The maximum absolute atomic E-state index is 14.1. The number of non-ortho nitro benzene ring substituents is 1. The summed E-state index contributed by atoms with van der Waals surface area (Å²) in [7, 11) is 0. The maximum atomic E-state index is 14.1. The summed E-state index contributed by atoms with van der Waals surface area (Å²) in [6.45, 7) is 2.47. The lowest BCUT2D eigenvalue weighted by Crippen LogP contribution is -2.28. The Morgan fingerprint density at radius 3 is 2.48 bits per heavy atom. The van der Waals surface area contributed by atoms with Gasteiger partial charge in [-0.15, -0.1) is 0 Å². The van der Waals surface area contributed by atoms with Crippen LogP contribution in [0.15, 0.2) is 12.1 Å². The minimum atomic E-state index is -0.878. The molecule has 8 heteroatoms. The van der Waals surface area contributed by atoms with E-state index >= 15 is 0 Å². The summed E-state index contributed by atoms with van der Waals surface area (Å²) in [6.07, 6.45) is 3.01. The average Bonchev–Trinajstić information content (AvgIpc) is 3.04. The SMILES string of the molecule is O=[N+]([O-])c1cc(F)c(N2C[C@@H]3C(COC4CCCCO4)[C@@H]3C2)c(F)c1. The molecule has 2 saturated heterocycles. The Morgan fingerprint density at radius 1 is 1.24 bits per heavy atom. The Kier molecular flexibility index (Phi) is 4.33. The zero-order chi connectivity index (χ0) is 17.6. The molecule has 6 nitrogen and oxygen atoms in total. The van der Waals surface area contributed by atoms with Crippen molar-refractivity contribution in [3.63, 3.8) is 0 Å². The summed E-state index contributed by atoms with van der Waals surface area (Å²) < 4.78 is 39.6. The van der Waals surface area contributed by atoms with Gasteiger partial charge in [-0.2, -0.15) is 0 Å². The summed E-state index contributed by atoms with van der Waals surface area (Å²) >= 11 is 0. The number of halogens is 2. The molecule has 0 aromatic heterocycles. The molecule has 4 rings (SSSR count). The van der Waals surface area contributed by atoms with Crippen molar-refractivity contribution in [1.82, 2.24) is 0 Å². The van der Waals surface area contributed by atoms with Crippen molar-refractivity contribution in [2.24, 2.45) is 17.8 Å². The van der Waals surface area contributed by atoms with Crippen LogP contribution in [0.25, 0.3) is 0 Å². The van der Waals surface area contributed by atoms with Gasteiger partial charge in [0.05, 0.1) is 23.7 Å². The van der Waals surface area contributed by atoms with Crippen molar-refractivity contribution in [3.05, 3.63) is 33.9 Å². The van der Waals surface area contributed by atoms with Crippen molar-refractivity contribution in [1.29, 1.82) is 0 Å². The molecule has 2 heterocycles. The highest BCUT2D eigenvalue weighted by molar-refractivity contribution is 5.55. The van der Waals surface area contributed by atoms with Gasteiger partial charge in [0.1, 0.15) is 5.69 Å². The molecule has 136 valence electrons. The lowest BCUT2D eigenvalue weighted by molar-refractivity contribution is -0.385. The Hall–Kier alpha value is -1.80. The highest BCUT2D eigenvalue weighted by Crippen LogP contribution is 2.53. The van der Waals surface area contributed by atoms with E-state index in [2.05, 4.69) is 0 Å². The molecule has 1 aliphatic carbocycles. The fourth-order valence-electron chi connectivity index (χ4n) is 4.10. The van der Waals surface area contributed by atoms with Crippen LogP contribution in [0.3, 0.4) is 0 Å². The predicted molar refractivity (Wildman–Crippen MR) is 85.2 cm³/mol. The standard InChI is InChI=1S/C17H20F2N2O4/c18-14-5-10(21(22)23)6-15(19)17(14)20-7-11-12(8-20)13(11)9-25-16-3-1-2-4-24-16/h5-6,11-13,16H,1-4,7-9H2/t11-,12+,13?,16?. The number of rotatable bonds is 5. The van der Waals surface area contributed by atoms with Gasteiger partial charge in [-0.25, -0.2) is 8.78 Å². The van der Waals surface area contributed by atoms with Crippen LogP contribution in [0, 0.1) is 39.5 Å². The van der Waals surface area contributed by atoms with E-state index in [0.29, 0.717) is 37.5 Å². The molecule has 0 bridgehead atoms. The van der Waals surface area contributed by atoms with E-state index in [9.17, 15) is 18.9 Å². The number of piperidine rings is 1. The number of benzene rings is 1. The lowest BCUT2D eigenvalue weighted by atomic mass is 10.2. The number of anilines is 1. The van der Waals surface area contributed by atoms with Crippen LogP contribution in [0.2, 0.25) is 0 Å². The van der Waals surface area contributed by atoms with Gasteiger partial charge >= 0.3 is 0 Å². The second-order valence-corrected chi connectivity index (χ2v) is 7.04. The summed E-state index contributed by atoms with van der Waals surface area (Å²) in [6, 6.07) is 1.56. The van der Waals surface area contributed by atoms with E-state index in [1.807, 2.05) is 0 Å². The van der Waals surface area contributed by atoms with E-state index in [1.54, 1.807) is 4.90 Å². The third-order valence-corrected chi connectivity index (χ3v) is 5.51. The Balaban J connectivity index is 1.34. The van der Waals surface area contributed by atoms with Gasteiger partial charge in [0.2, 0.25) is 0 Å². The van der Waals surface area contributed by atoms with Gasteiger partial charge in [-0.1, -0.05) is 0 Å². The highest BCUT2D eigenvalue weighted by atomic mass is 19.1. The van der Waals surface area contributed by atoms with Crippen molar-refractivity contribution in [3.8, 4) is 0 Å². The monoisotopic (exact) mass is 354 g/mol. The smallest absolute Gasteiger partial charge is 0.275 e. The second-order valence-electron chi connectivity index (χ2n) is 7.04. The van der Waals surface area contributed by atoms with Crippen LogP contribution in [0.5, 0.6) is 0 Å². The minimum absolute atomic E-state index is 0.115. The third-order valence-electron chi connectivity index (χ3n) is 5.51. The topological polar surface area (TPSA) is 64.8 Å². The summed E-state index contributed by atoms with van der Waals surface area (Å²) in [4.78, 5) is 11.5. The first-order valence-electron chi connectivity index (χ1n) is 8.66. The average molecular weight is 354 g/mol. The number of nitro groups is 1. The van der Waals surface area contributed by atoms with Crippen LogP contribution in [-0.4, -0.2) is 37.5 Å². The fourth-order valence-corrected chi connectivity index (χ4v) is 4.10. The van der Waals surface area contributed by atoms with Gasteiger partial charge in [0, 0.05) is 19.7 Å². The Labute approximate surface area is 143 Å². The van der Waals surface area contributed by atoms with Crippen molar-refractivity contribution in [2.75, 3.05) is 31.2 Å². The van der Waals surface area contributed by atoms with Crippen LogP contribution in [0.4, 0.5) is 20.2 Å². The van der Waals surface area contributed by atoms with E-state index in [1.165, 1.54) is 0 Å². The van der Waals surface area contributed by atoms with E-state index in [0.717, 1.165) is 38.0 Å². The number of fused-ring (bicyclic) bond motifs is 1. The van der Waals surface area contributed by atoms with Crippen LogP contribution < -0.4 is 4.90 Å². The first kappa shape index (κ1) is 16.7. The molecule has 1 aromatic rings. The van der Waals surface area contributed by atoms with Crippen molar-refractivity contribution in [2.45, 2.75) is 25.6 Å². The molecule has 25 heavy (non-hydrogen) atoms. The lowest BCUT2D eigenvalue weighted by Gasteiger charge is -2.25. The van der Waals surface area contributed by atoms with Gasteiger partial charge in [0.15, 0.2) is 17.9 Å². The summed E-state index contributed by atoms with van der Waals surface area (Å²) in [5.74, 6) is -0.631. The molecule has 0 amide bonds. The first-order valence-corrected chi connectivity index (χ1v) is 8.66. The number of hydrogen-bond acceptors (Lipinski definition) is 5. The summed E-state index contributed by atoms with van der Waals surface area (Å²) in [5.41, 5.74) is -0.727. The molecule has 0 radical (unpaired) electrons. The maximum Gasteiger partial charge on any atom is 0.275 e. The molecule has 2 aliphatic heterocycles. The highest BCUT2D eigenvalue weighted by Gasteiger charge is 2.56. The van der Waals surface area contributed by atoms with Crippen LogP contribution in [0.1, 0.15) is 19.3 Å². The zero-order valence-corrected chi connectivity index (χ0v) is 13.7. The van der Waals surface area contributed by atoms with Gasteiger partial charge in [-0.3, -0.25) is 10.1 Å². The van der Waals surface area contributed by atoms with Gasteiger partial charge in [0.25, 0.3) is 5.69 Å². The minimum Gasteiger partial charge on any atom is -0.366 e.